The SMILES string of the molecule is CCCC/C=C/CCCCCCCCCCCC(=O)OC[C@H](CO[C@@H]1O[C@H](CO)[C@H](O)C(O)C1O)OC(=O)CCCCCCCCCCCCCCCCCCCCCCCC. The number of carbonyl (C=O) groups excluding carboxylic acids is 2. The lowest BCUT2D eigenvalue weighted by molar-refractivity contribution is -0.305. The molecule has 0 radical (unpaired) electrons. The summed E-state index contributed by atoms with van der Waals surface area (Å²) in [6, 6.07) is 0. The highest BCUT2D eigenvalue weighted by molar-refractivity contribution is 5.70. The van der Waals surface area contributed by atoms with E-state index in [0.29, 0.717) is 6.42 Å². The molecule has 1 rings (SSSR count). The summed E-state index contributed by atoms with van der Waals surface area (Å²) in [7, 11) is 0. The third-order valence-electron chi connectivity index (χ3n) is 12.4. The van der Waals surface area contributed by atoms with Gasteiger partial charge >= 0.3 is 11.9 Å². The van der Waals surface area contributed by atoms with Crippen molar-refractivity contribution in [2.24, 2.45) is 0 Å². The van der Waals surface area contributed by atoms with Crippen LogP contribution in [0.15, 0.2) is 12.2 Å². The number of aliphatic hydroxyl groups is 4. The molecule has 1 saturated heterocycles. The summed E-state index contributed by atoms with van der Waals surface area (Å²) in [6.07, 6.45) is 40.8. The van der Waals surface area contributed by atoms with Crippen molar-refractivity contribution in [3.63, 3.8) is 0 Å². The van der Waals surface area contributed by atoms with Crippen LogP contribution in [0.5, 0.6) is 0 Å². The largest absolute Gasteiger partial charge is 0.462 e. The zero-order valence-electron chi connectivity index (χ0n) is 40.1. The van der Waals surface area contributed by atoms with E-state index in [4.69, 9.17) is 18.9 Å². The van der Waals surface area contributed by atoms with Gasteiger partial charge in [0.1, 0.15) is 31.0 Å². The van der Waals surface area contributed by atoms with E-state index < -0.39 is 49.4 Å². The van der Waals surface area contributed by atoms with E-state index in [1.54, 1.807) is 0 Å². The lowest BCUT2D eigenvalue weighted by Gasteiger charge is -2.39. The number of carbonyl (C=O) groups is 2. The van der Waals surface area contributed by atoms with E-state index in [1.165, 1.54) is 180 Å². The van der Waals surface area contributed by atoms with Crippen molar-refractivity contribution in [2.45, 2.75) is 288 Å². The van der Waals surface area contributed by atoms with Crippen molar-refractivity contribution in [1.29, 1.82) is 0 Å². The molecule has 0 aromatic carbocycles. The summed E-state index contributed by atoms with van der Waals surface area (Å²) in [4.78, 5) is 25.4. The van der Waals surface area contributed by atoms with Crippen LogP contribution in [0.4, 0.5) is 0 Å². The van der Waals surface area contributed by atoms with Gasteiger partial charge in [-0.3, -0.25) is 9.59 Å². The van der Waals surface area contributed by atoms with Crippen molar-refractivity contribution in [3.8, 4) is 0 Å². The van der Waals surface area contributed by atoms with Gasteiger partial charge in [0.05, 0.1) is 13.2 Å². The van der Waals surface area contributed by atoms with Crippen molar-refractivity contribution >= 4 is 11.9 Å². The Labute approximate surface area is 380 Å². The second-order valence-corrected chi connectivity index (χ2v) is 18.3. The maximum atomic E-state index is 12.8. The smallest absolute Gasteiger partial charge is 0.306 e. The molecule has 10 heteroatoms. The van der Waals surface area contributed by atoms with E-state index in [1.807, 2.05) is 0 Å². The van der Waals surface area contributed by atoms with Gasteiger partial charge < -0.3 is 39.4 Å². The topological polar surface area (TPSA) is 152 Å². The first-order chi connectivity index (χ1) is 30.3. The average molecular weight is 883 g/mol. The average Bonchev–Trinajstić information content (AvgIpc) is 3.27. The lowest BCUT2D eigenvalue weighted by atomic mass is 9.99. The maximum absolute atomic E-state index is 12.8. The molecular formula is C52H98O10. The fraction of sp³-hybridized carbons (Fsp3) is 0.923. The molecule has 1 heterocycles. The number of ether oxygens (including phenoxy) is 4. The first-order valence-electron chi connectivity index (χ1n) is 26.3. The van der Waals surface area contributed by atoms with Crippen LogP contribution in [0.2, 0.25) is 0 Å². The number of hydrogen-bond acceptors (Lipinski definition) is 10. The van der Waals surface area contributed by atoms with E-state index in [9.17, 15) is 30.0 Å². The summed E-state index contributed by atoms with van der Waals surface area (Å²) in [6.45, 7) is 3.44. The van der Waals surface area contributed by atoms with E-state index in [-0.39, 0.29) is 32.0 Å². The van der Waals surface area contributed by atoms with Gasteiger partial charge in [0, 0.05) is 12.8 Å². The highest BCUT2D eigenvalue weighted by Crippen LogP contribution is 2.23. The van der Waals surface area contributed by atoms with Crippen LogP contribution in [0.3, 0.4) is 0 Å². The molecule has 2 unspecified atom stereocenters. The minimum absolute atomic E-state index is 0.212. The normalized spacial score (nSPS) is 19.6. The zero-order chi connectivity index (χ0) is 45.1. The van der Waals surface area contributed by atoms with Crippen LogP contribution in [-0.2, 0) is 28.5 Å². The molecule has 0 aliphatic carbocycles. The van der Waals surface area contributed by atoms with E-state index >= 15 is 0 Å². The molecular weight excluding hydrogens is 785 g/mol. The molecule has 0 bridgehead atoms. The molecule has 0 aromatic rings. The fourth-order valence-corrected chi connectivity index (χ4v) is 8.23. The molecule has 0 spiro atoms. The number of rotatable bonds is 45. The highest BCUT2D eigenvalue weighted by Gasteiger charge is 2.44. The Morgan fingerprint density at radius 2 is 0.871 bits per heavy atom. The van der Waals surface area contributed by atoms with Crippen LogP contribution in [0.25, 0.3) is 0 Å². The monoisotopic (exact) mass is 883 g/mol. The maximum Gasteiger partial charge on any atom is 0.306 e. The van der Waals surface area contributed by atoms with Gasteiger partial charge in [-0.05, 0) is 32.1 Å². The molecule has 0 amide bonds. The first-order valence-corrected chi connectivity index (χ1v) is 26.3. The van der Waals surface area contributed by atoms with Gasteiger partial charge in [-0.1, -0.05) is 219 Å². The Morgan fingerprint density at radius 1 is 0.484 bits per heavy atom. The molecule has 62 heavy (non-hydrogen) atoms. The molecule has 366 valence electrons. The third kappa shape index (κ3) is 33.9. The highest BCUT2D eigenvalue weighted by atomic mass is 16.7. The molecule has 0 aromatic heterocycles. The summed E-state index contributed by atoms with van der Waals surface area (Å²) < 4.78 is 22.3. The molecule has 1 fully saturated rings. The zero-order valence-corrected chi connectivity index (χ0v) is 40.1. The standard InChI is InChI=1S/C52H98O10/c1-3-5-7-9-11-13-15-17-19-20-21-22-23-24-25-27-29-31-33-35-37-39-41-48(55)61-45(44-60-52-51(58)50(57)49(56)46(42-53)62-52)43-59-47(54)40-38-36-34-32-30-28-26-18-16-14-12-10-8-6-4-2/h10,12,45-46,49-53,56-58H,3-9,11,13-44H2,1-2H3/b12-10+/t45-,46-,49+,50?,51?,52-/m1/s1. The predicted molar refractivity (Wildman–Crippen MR) is 252 cm³/mol. The summed E-state index contributed by atoms with van der Waals surface area (Å²) in [5.41, 5.74) is 0. The summed E-state index contributed by atoms with van der Waals surface area (Å²) in [5, 5.41) is 40.2. The van der Waals surface area contributed by atoms with Crippen LogP contribution in [-0.4, -0.2) is 89.0 Å². The molecule has 1 aliphatic heterocycles. The van der Waals surface area contributed by atoms with Crippen LogP contribution in [0.1, 0.15) is 251 Å². The van der Waals surface area contributed by atoms with E-state index in [0.717, 1.165) is 38.5 Å². The molecule has 0 saturated carbocycles. The van der Waals surface area contributed by atoms with Crippen LogP contribution in [0, 0.1) is 0 Å². The Morgan fingerprint density at radius 3 is 1.31 bits per heavy atom. The van der Waals surface area contributed by atoms with Crippen LogP contribution < -0.4 is 0 Å². The van der Waals surface area contributed by atoms with Gasteiger partial charge in [0.15, 0.2) is 12.4 Å². The minimum Gasteiger partial charge on any atom is -0.462 e. The number of unbranched alkanes of at least 4 members (excludes halogenated alkanes) is 32. The van der Waals surface area contributed by atoms with Crippen LogP contribution >= 0.6 is 0 Å². The van der Waals surface area contributed by atoms with Gasteiger partial charge in [0.2, 0.25) is 0 Å². The Hall–Kier alpha value is -1.56. The predicted octanol–water partition coefficient (Wildman–Crippen LogP) is 12.3. The van der Waals surface area contributed by atoms with Crippen molar-refractivity contribution in [1.82, 2.24) is 0 Å². The van der Waals surface area contributed by atoms with Crippen molar-refractivity contribution < 1.29 is 49.0 Å². The third-order valence-corrected chi connectivity index (χ3v) is 12.4. The first kappa shape index (κ1) is 58.5. The molecule has 10 nitrogen and oxygen atoms in total. The quantitative estimate of drug-likeness (QED) is 0.0264. The van der Waals surface area contributed by atoms with Gasteiger partial charge in [0.25, 0.3) is 0 Å². The number of allylic oxidation sites excluding steroid dienone is 2. The summed E-state index contributed by atoms with van der Waals surface area (Å²) >= 11 is 0. The van der Waals surface area contributed by atoms with Crippen molar-refractivity contribution in [2.75, 3.05) is 19.8 Å². The Balaban J connectivity index is 2.22. The molecule has 1 aliphatic rings. The second-order valence-electron chi connectivity index (χ2n) is 18.3. The number of hydrogen-bond donors (Lipinski definition) is 4. The molecule has 6 atom stereocenters. The van der Waals surface area contributed by atoms with Gasteiger partial charge in [-0.15, -0.1) is 0 Å². The Kier molecular flexibility index (Phi) is 40.9. The number of aliphatic hydroxyl groups excluding tert-OH is 4. The van der Waals surface area contributed by atoms with Crippen molar-refractivity contribution in [3.05, 3.63) is 12.2 Å². The lowest BCUT2D eigenvalue weighted by Crippen LogP contribution is -2.59. The Bertz CT molecular complexity index is 1020. The van der Waals surface area contributed by atoms with Gasteiger partial charge in [-0.2, -0.15) is 0 Å². The minimum atomic E-state index is -1.59. The number of esters is 2. The van der Waals surface area contributed by atoms with Gasteiger partial charge in [-0.25, -0.2) is 0 Å². The van der Waals surface area contributed by atoms with E-state index in [2.05, 4.69) is 26.0 Å². The summed E-state index contributed by atoms with van der Waals surface area (Å²) in [5.74, 6) is -0.793. The second kappa shape index (κ2) is 43.3. The molecule has 4 N–H and O–H groups in total. The fourth-order valence-electron chi connectivity index (χ4n) is 8.23.